The molecule has 0 aliphatic rings. The average Bonchev–Trinajstić information content (AvgIpc) is 2.46. The number of ether oxygens (including phenoxy) is 1. The summed E-state index contributed by atoms with van der Waals surface area (Å²) in [6, 6.07) is 9.29. The van der Waals surface area contributed by atoms with Crippen LogP contribution in [0.3, 0.4) is 0 Å². The molecule has 2 atom stereocenters. The van der Waals surface area contributed by atoms with E-state index in [2.05, 4.69) is 5.32 Å². The first-order valence-electron chi connectivity index (χ1n) is 7.04. The molecule has 0 saturated heterocycles. The van der Waals surface area contributed by atoms with Crippen molar-refractivity contribution >= 4 is 17.5 Å². The first-order valence-corrected chi connectivity index (χ1v) is 7.42. The number of halogens is 3. The van der Waals surface area contributed by atoms with Crippen molar-refractivity contribution in [3.63, 3.8) is 0 Å². The van der Waals surface area contributed by atoms with E-state index in [0.29, 0.717) is 10.8 Å². The fraction of sp³-hybridized carbons (Fsp3) is 0.235. The van der Waals surface area contributed by atoms with Crippen LogP contribution in [-0.2, 0) is 4.79 Å². The number of carbonyl (C=O) groups excluding carboxylic acids is 1. The van der Waals surface area contributed by atoms with Gasteiger partial charge in [0.05, 0.1) is 6.04 Å². The maximum absolute atomic E-state index is 13.7. The summed E-state index contributed by atoms with van der Waals surface area (Å²) in [4.78, 5) is 12.1. The van der Waals surface area contributed by atoms with E-state index in [0.717, 1.165) is 12.1 Å². The maximum atomic E-state index is 13.7. The lowest BCUT2D eigenvalue weighted by Gasteiger charge is -2.19. The molecule has 0 heterocycles. The lowest BCUT2D eigenvalue weighted by atomic mass is 10.1. The zero-order valence-electron chi connectivity index (χ0n) is 12.6. The van der Waals surface area contributed by atoms with Gasteiger partial charge in [0.2, 0.25) is 0 Å². The quantitative estimate of drug-likeness (QED) is 0.883. The van der Waals surface area contributed by atoms with Gasteiger partial charge in [-0.1, -0.05) is 23.7 Å². The second-order valence-corrected chi connectivity index (χ2v) is 5.55. The van der Waals surface area contributed by atoms with Crippen LogP contribution in [0.2, 0.25) is 5.02 Å². The van der Waals surface area contributed by atoms with Gasteiger partial charge in [0.15, 0.2) is 6.10 Å². The van der Waals surface area contributed by atoms with Crippen molar-refractivity contribution in [3.05, 3.63) is 64.7 Å². The van der Waals surface area contributed by atoms with Gasteiger partial charge in [-0.3, -0.25) is 4.79 Å². The molecule has 0 radical (unpaired) electrons. The fourth-order valence-electron chi connectivity index (χ4n) is 2.06. The smallest absolute Gasteiger partial charge is 0.261 e. The molecule has 2 unspecified atom stereocenters. The minimum Gasteiger partial charge on any atom is -0.481 e. The van der Waals surface area contributed by atoms with E-state index in [9.17, 15) is 13.6 Å². The van der Waals surface area contributed by atoms with E-state index in [1.807, 2.05) is 0 Å². The molecule has 0 aliphatic heterocycles. The number of benzene rings is 2. The molecule has 2 aromatic rings. The average molecular weight is 340 g/mol. The summed E-state index contributed by atoms with van der Waals surface area (Å²) < 4.78 is 32.1. The Kier molecular flexibility index (Phi) is 5.55. The van der Waals surface area contributed by atoms with Gasteiger partial charge in [0.1, 0.15) is 17.4 Å². The molecule has 0 saturated carbocycles. The van der Waals surface area contributed by atoms with Gasteiger partial charge in [0.25, 0.3) is 5.91 Å². The largest absolute Gasteiger partial charge is 0.481 e. The first kappa shape index (κ1) is 17.2. The summed E-state index contributed by atoms with van der Waals surface area (Å²) in [6.07, 6.45) is -0.792. The minimum atomic E-state index is -0.792. The van der Waals surface area contributed by atoms with Crippen molar-refractivity contribution in [1.82, 2.24) is 5.32 Å². The van der Waals surface area contributed by atoms with E-state index >= 15 is 0 Å². The molecule has 1 amide bonds. The van der Waals surface area contributed by atoms with Gasteiger partial charge < -0.3 is 10.1 Å². The topological polar surface area (TPSA) is 38.3 Å². The Bertz CT molecular complexity index is 709. The Balaban J connectivity index is 2.00. The molecule has 1 N–H and O–H groups in total. The van der Waals surface area contributed by atoms with E-state index < -0.39 is 29.7 Å². The van der Waals surface area contributed by atoms with Gasteiger partial charge in [-0.05, 0) is 38.1 Å². The van der Waals surface area contributed by atoms with Crippen LogP contribution in [-0.4, -0.2) is 12.0 Å². The standard InChI is InChI=1S/C17H16ClF2NO2/c1-10(15-7-6-13(19)9-16(15)20)21-17(22)11(2)23-14-5-3-4-12(18)8-14/h3-11H,1-2H3,(H,21,22). The Morgan fingerprint density at radius 3 is 2.57 bits per heavy atom. The molecular weight excluding hydrogens is 324 g/mol. The van der Waals surface area contributed by atoms with Crippen molar-refractivity contribution < 1.29 is 18.3 Å². The molecule has 0 bridgehead atoms. The van der Waals surface area contributed by atoms with Crippen LogP contribution in [0.1, 0.15) is 25.5 Å². The predicted octanol–water partition coefficient (Wildman–Crippen LogP) is 4.26. The van der Waals surface area contributed by atoms with Crippen LogP contribution in [0.25, 0.3) is 0 Å². The molecule has 3 nitrogen and oxygen atoms in total. The van der Waals surface area contributed by atoms with Crippen molar-refractivity contribution in [1.29, 1.82) is 0 Å². The minimum absolute atomic E-state index is 0.203. The Hall–Kier alpha value is -2.14. The highest BCUT2D eigenvalue weighted by Gasteiger charge is 2.19. The van der Waals surface area contributed by atoms with E-state index in [-0.39, 0.29) is 5.56 Å². The maximum Gasteiger partial charge on any atom is 0.261 e. The fourth-order valence-corrected chi connectivity index (χ4v) is 2.24. The highest BCUT2D eigenvalue weighted by atomic mass is 35.5. The summed E-state index contributed by atoms with van der Waals surface area (Å²) >= 11 is 5.85. The number of carbonyl (C=O) groups is 1. The van der Waals surface area contributed by atoms with Crippen LogP contribution in [0.15, 0.2) is 42.5 Å². The van der Waals surface area contributed by atoms with Crippen LogP contribution in [0.5, 0.6) is 5.75 Å². The summed E-state index contributed by atoms with van der Waals surface area (Å²) in [7, 11) is 0. The number of nitrogens with one attached hydrogen (secondary N) is 1. The zero-order chi connectivity index (χ0) is 17.0. The highest BCUT2D eigenvalue weighted by Crippen LogP contribution is 2.20. The van der Waals surface area contributed by atoms with Gasteiger partial charge in [-0.15, -0.1) is 0 Å². The number of hydrogen-bond donors (Lipinski definition) is 1. The number of hydrogen-bond acceptors (Lipinski definition) is 2. The van der Waals surface area contributed by atoms with Crippen LogP contribution < -0.4 is 10.1 Å². The molecule has 122 valence electrons. The van der Waals surface area contributed by atoms with E-state index in [1.54, 1.807) is 38.1 Å². The lowest BCUT2D eigenvalue weighted by Crippen LogP contribution is -2.38. The van der Waals surface area contributed by atoms with Crippen molar-refractivity contribution in [3.8, 4) is 5.75 Å². The van der Waals surface area contributed by atoms with Crippen molar-refractivity contribution in [2.24, 2.45) is 0 Å². The van der Waals surface area contributed by atoms with E-state index in [1.165, 1.54) is 6.07 Å². The Labute approximate surface area is 138 Å². The monoisotopic (exact) mass is 339 g/mol. The predicted molar refractivity (Wildman–Crippen MR) is 84.5 cm³/mol. The first-order chi connectivity index (χ1) is 10.9. The molecule has 6 heteroatoms. The molecular formula is C17H16ClF2NO2. The summed E-state index contributed by atoms with van der Waals surface area (Å²) in [6.45, 7) is 3.18. The summed E-state index contributed by atoms with van der Waals surface area (Å²) in [5.41, 5.74) is 0.203. The highest BCUT2D eigenvalue weighted by molar-refractivity contribution is 6.30. The van der Waals surface area contributed by atoms with E-state index in [4.69, 9.17) is 16.3 Å². The van der Waals surface area contributed by atoms with Gasteiger partial charge in [-0.2, -0.15) is 0 Å². The molecule has 0 aliphatic carbocycles. The molecule has 2 aromatic carbocycles. The third-order valence-electron chi connectivity index (χ3n) is 3.27. The molecule has 2 rings (SSSR count). The molecule has 0 aromatic heterocycles. The van der Waals surface area contributed by atoms with Gasteiger partial charge in [0, 0.05) is 16.7 Å². The third-order valence-corrected chi connectivity index (χ3v) is 3.50. The van der Waals surface area contributed by atoms with Crippen molar-refractivity contribution in [2.75, 3.05) is 0 Å². The van der Waals surface area contributed by atoms with Gasteiger partial charge in [-0.25, -0.2) is 8.78 Å². The normalized spacial score (nSPS) is 13.3. The number of rotatable bonds is 5. The summed E-state index contributed by atoms with van der Waals surface area (Å²) in [5, 5.41) is 3.13. The molecule has 23 heavy (non-hydrogen) atoms. The second-order valence-electron chi connectivity index (χ2n) is 5.11. The van der Waals surface area contributed by atoms with Crippen LogP contribution in [0, 0.1) is 11.6 Å². The molecule has 0 spiro atoms. The van der Waals surface area contributed by atoms with Crippen molar-refractivity contribution in [2.45, 2.75) is 26.0 Å². The van der Waals surface area contributed by atoms with Crippen LogP contribution in [0.4, 0.5) is 8.78 Å². The molecule has 0 fully saturated rings. The lowest BCUT2D eigenvalue weighted by molar-refractivity contribution is -0.127. The van der Waals surface area contributed by atoms with Gasteiger partial charge >= 0.3 is 0 Å². The second kappa shape index (κ2) is 7.42. The zero-order valence-corrected chi connectivity index (χ0v) is 13.4. The SMILES string of the molecule is CC(Oc1cccc(Cl)c1)C(=O)NC(C)c1ccc(F)cc1F. The van der Waals surface area contributed by atoms with Crippen LogP contribution >= 0.6 is 11.6 Å². The third kappa shape index (κ3) is 4.66. The summed E-state index contributed by atoms with van der Waals surface area (Å²) in [5.74, 6) is -1.33. The Morgan fingerprint density at radius 1 is 1.17 bits per heavy atom. The number of amides is 1. The Morgan fingerprint density at radius 2 is 1.91 bits per heavy atom.